The number of carbonyl (C=O) groups excluding carboxylic acids is 1. The van der Waals surface area contributed by atoms with Gasteiger partial charge in [-0.15, -0.1) is 0 Å². The molecular formula is C17H10ClF3N2OS. The van der Waals surface area contributed by atoms with E-state index in [1.807, 2.05) is 0 Å². The van der Waals surface area contributed by atoms with Gasteiger partial charge >= 0.3 is 6.18 Å². The first-order valence-electron chi connectivity index (χ1n) is 7.10. The van der Waals surface area contributed by atoms with E-state index >= 15 is 0 Å². The monoisotopic (exact) mass is 382 g/mol. The number of ketones is 1. The van der Waals surface area contributed by atoms with E-state index in [-0.39, 0.29) is 22.1 Å². The Kier molecular flexibility index (Phi) is 4.96. The quantitative estimate of drug-likeness (QED) is 0.350. The SMILES string of the molecule is O=C(CSc1nc(C(F)(F)F)nc2ccccc12)c1ccc(Cl)cc1. The molecule has 2 aromatic carbocycles. The lowest BCUT2D eigenvalue weighted by molar-refractivity contribution is -0.145. The lowest BCUT2D eigenvalue weighted by Gasteiger charge is -2.10. The van der Waals surface area contributed by atoms with E-state index in [2.05, 4.69) is 9.97 Å². The summed E-state index contributed by atoms with van der Waals surface area (Å²) in [6.07, 6.45) is -4.65. The number of Topliss-reactive ketones (excluding diaryl/α,β-unsaturated/α-hetero) is 1. The standard InChI is InChI=1S/C17H10ClF3N2OS/c18-11-7-5-10(6-8-11)14(24)9-25-15-12-3-1-2-4-13(12)22-16(23-15)17(19,20)21/h1-8H,9H2. The van der Waals surface area contributed by atoms with Crippen molar-refractivity contribution in [3.63, 3.8) is 0 Å². The van der Waals surface area contributed by atoms with E-state index in [0.717, 1.165) is 11.8 Å². The number of hydrogen-bond acceptors (Lipinski definition) is 4. The Bertz CT molecular complexity index is 929. The highest BCUT2D eigenvalue weighted by molar-refractivity contribution is 8.00. The molecule has 0 amide bonds. The average molecular weight is 383 g/mol. The Morgan fingerprint density at radius 3 is 2.40 bits per heavy atom. The molecule has 128 valence electrons. The summed E-state index contributed by atoms with van der Waals surface area (Å²) in [5.74, 6) is -1.48. The number of benzene rings is 2. The summed E-state index contributed by atoms with van der Waals surface area (Å²) in [5, 5.41) is 1.10. The molecule has 0 saturated heterocycles. The first-order chi connectivity index (χ1) is 11.8. The van der Waals surface area contributed by atoms with Gasteiger partial charge in [-0.1, -0.05) is 41.6 Å². The van der Waals surface area contributed by atoms with Crippen molar-refractivity contribution in [1.82, 2.24) is 9.97 Å². The molecule has 0 saturated carbocycles. The van der Waals surface area contributed by atoms with Crippen LogP contribution in [0, 0.1) is 0 Å². The zero-order valence-electron chi connectivity index (χ0n) is 12.5. The molecular weight excluding hydrogens is 373 g/mol. The molecule has 0 atom stereocenters. The fraction of sp³-hybridized carbons (Fsp3) is 0.118. The zero-order chi connectivity index (χ0) is 18.0. The van der Waals surface area contributed by atoms with Crippen molar-refractivity contribution < 1.29 is 18.0 Å². The maximum atomic E-state index is 13.0. The minimum atomic E-state index is -4.65. The topological polar surface area (TPSA) is 42.9 Å². The molecule has 25 heavy (non-hydrogen) atoms. The summed E-state index contributed by atoms with van der Waals surface area (Å²) in [6, 6.07) is 12.7. The molecule has 0 aliphatic carbocycles. The number of aromatic nitrogens is 2. The highest BCUT2D eigenvalue weighted by atomic mass is 35.5. The van der Waals surface area contributed by atoms with Crippen LogP contribution < -0.4 is 0 Å². The number of nitrogens with zero attached hydrogens (tertiary/aromatic N) is 2. The summed E-state index contributed by atoms with van der Waals surface area (Å²) in [4.78, 5) is 19.4. The van der Waals surface area contributed by atoms with Gasteiger partial charge in [0.25, 0.3) is 0 Å². The highest BCUT2D eigenvalue weighted by Gasteiger charge is 2.35. The molecule has 3 aromatic rings. The number of thioether (sulfide) groups is 1. The van der Waals surface area contributed by atoms with Crippen LogP contribution in [0.4, 0.5) is 13.2 Å². The zero-order valence-corrected chi connectivity index (χ0v) is 14.1. The lowest BCUT2D eigenvalue weighted by Crippen LogP contribution is -2.12. The van der Waals surface area contributed by atoms with E-state index in [0.29, 0.717) is 16.0 Å². The van der Waals surface area contributed by atoms with Gasteiger partial charge < -0.3 is 0 Å². The maximum absolute atomic E-state index is 13.0. The van der Waals surface area contributed by atoms with Crippen LogP contribution in [0.3, 0.4) is 0 Å². The van der Waals surface area contributed by atoms with Crippen molar-refractivity contribution in [3.05, 3.63) is 64.9 Å². The molecule has 3 nitrogen and oxygen atoms in total. The molecule has 0 radical (unpaired) electrons. The summed E-state index contributed by atoms with van der Waals surface area (Å²) in [7, 11) is 0. The highest BCUT2D eigenvalue weighted by Crippen LogP contribution is 2.32. The van der Waals surface area contributed by atoms with Crippen LogP contribution in [0.15, 0.2) is 53.6 Å². The predicted molar refractivity (Wildman–Crippen MR) is 91.0 cm³/mol. The minimum Gasteiger partial charge on any atom is -0.293 e. The minimum absolute atomic E-state index is 0.0417. The van der Waals surface area contributed by atoms with Crippen LogP contribution in [0.1, 0.15) is 16.2 Å². The van der Waals surface area contributed by atoms with Crippen LogP contribution in [0.2, 0.25) is 5.02 Å². The second-order valence-corrected chi connectivity index (χ2v) is 6.49. The third-order valence-electron chi connectivity index (χ3n) is 3.33. The number of hydrogen-bond donors (Lipinski definition) is 0. The number of halogens is 4. The van der Waals surface area contributed by atoms with E-state index in [1.54, 1.807) is 42.5 Å². The molecule has 3 rings (SSSR count). The van der Waals surface area contributed by atoms with Gasteiger partial charge in [0, 0.05) is 16.0 Å². The smallest absolute Gasteiger partial charge is 0.293 e. The normalized spacial score (nSPS) is 11.7. The maximum Gasteiger partial charge on any atom is 0.451 e. The van der Waals surface area contributed by atoms with E-state index in [9.17, 15) is 18.0 Å². The van der Waals surface area contributed by atoms with Crippen LogP contribution >= 0.6 is 23.4 Å². The van der Waals surface area contributed by atoms with Crippen molar-refractivity contribution >= 4 is 40.0 Å². The van der Waals surface area contributed by atoms with Crippen molar-refractivity contribution in [2.75, 3.05) is 5.75 Å². The number of para-hydroxylation sites is 1. The molecule has 1 aromatic heterocycles. The molecule has 0 fully saturated rings. The van der Waals surface area contributed by atoms with Crippen molar-refractivity contribution in [2.45, 2.75) is 11.2 Å². The largest absolute Gasteiger partial charge is 0.451 e. The summed E-state index contributed by atoms with van der Waals surface area (Å²) in [6.45, 7) is 0. The fourth-order valence-corrected chi connectivity index (χ4v) is 3.18. The Morgan fingerprint density at radius 2 is 1.72 bits per heavy atom. The molecule has 0 spiro atoms. The van der Waals surface area contributed by atoms with Gasteiger partial charge in [-0.05, 0) is 30.3 Å². The third-order valence-corrected chi connectivity index (χ3v) is 4.57. The van der Waals surface area contributed by atoms with Gasteiger partial charge in [0.2, 0.25) is 5.82 Å². The summed E-state index contributed by atoms with van der Waals surface area (Å²) in [5.41, 5.74) is 0.623. The fourth-order valence-electron chi connectivity index (χ4n) is 2.14. The third kappa shape index (κ3) is 4.11. The van der Waals surface area contributed by atoms with Crippen molar-refractivity contribution in [3.8, 4) is 0 Å². The van der Waals surface area contributed by atoms with Gasteiger partial charge in [-0.3, -0.25) is 4.79 Å². The Labute approximate surface area is 150 Å². The van der Waals surface area contributed by atoms with Gasteiger partial charge in [0.15, 0.2) is 5.78 Å². The number of alkyl halides is 3. The molecule has 0 aliphatic rings. The van der Waals surface area contributed by atoms with Crippen LogP contribution in [-0.2, 0) is 6.18 Å². The summed E-state index contributed by atoms with van der Waals surface area (Å²) < 4.78 is 39.0. The van der Waals surface area contributed by atoms with Gasteiger partial charge in [0.1, 0.15) is 5.03 Å². The summed E-state index contributed by atoms with van der Waals surface area (Å²) >= 11 is 6.73. The Hall–Kier alpha value is -2.12. The molecule has 0 unspecified atom stereocenters. The van der Waals surface area contributed by atoms with Crippen LogP contribution in [0.5, 0.6) is 0 Å². The number of rotatable bonds is 4. The number of carbonyl (C=O) groups is 1. The molecule has 0 aliphatic heterocycles. The second-order valence-electron chi connectivity index (χ2n) is 5.09. The van der Waals surface area contributed by atoms with Gasteiger partial charge in [0.05, 0.1) is 11.3 Å². The van der Waals surface area contributed by atoms with Crippen LogP contribution in [0.25, 0.3) is 10.9 Å². The second kappa shape index (κ2) is 7.01. The molecule has 8 heteroatoms. The van der Waals surface area contributed by atoms with Gasteiger partial charge in [-0.2, -0.15) is 13.2 Å². The Morgan fingerprint density at radius 1 is 1.04 bits per heavy atom. The Balaban J connectivity index is 1.89. The van der Waals surface area contributed by atoms with Crippen molar-refractivity contribution in [2.24, 2.45) is 0 Å². The molecule has 0 bridgehead atoms. The van der Waals surface area contributed by atoms with Crippen molar-refractivity contribution in [1.29, 1.82) is 0 Å². The first kappa shape index (κ1) is 17.7. The average Bonchev–Trinajstić information content (AvgIpc) is 2.59. The van der Waals surface area contributed by atoms with Gasteiger partial charge in [-0.25, -0.2) is 9.97 Å². The van der Waals surface area contributed by atoms with E-state index in [4.69, 9.17) is 11.6 Å². The first-order valence-corrected chi connectivity index (χ1v) is 8.46. The lowest BCUT2D eigenvalue weighted by atomic mass is 10.1. The van der Waals surface area contributed by atoms with E-state index < -0.39 is 12.0 Å². The molecule has 0 N–H and O–H groups in total. The predicted octanol–water partition coefficient (Wildman–Crippen LogP) is 5.28. The number of fused-ring (bicyclic) bond motifs is 1. The molecule has 1 heterocycles. The van der Waals surface area contributed by atoms with E-state index in [1.165, 1.54) is 6.07 Å². The van der Waals surface area contributed by atoms with Crippen LogP contribution in [-0.4, -0.2) is 21.5 Å².